The molecular formula is C30H37NO4Si4. The Morgan fingerprint density at radius 3 is 1.44 bits per heavy atom. The van der Waals surface area contributed by atoms with Gasteiger partial charge in [-0.1, -0.05) is 68.1 Å². The minimum Gasteiger partial charge on any atom is -0.410 e. The number of nitrogens with one attached hydrogen (secondary N) is 1. The van der Waals surface area contributed by atoms with Gasteiger partial charge in [0.25, 0.3) is 29.3 Å². The van der Waals surface area contributed by atoms with Crippen LogP contribution in [0.25, 0.3) is 0 Å². The lowest BCUT2D eigenvalue weighted by atomic mass is 10.1. The quantitative estimate of drug-likeness (QED) is 0.246. The van der Waals surface area contributed by atoms with Crippen LogP contribution >= 0.6 is 0 Å². The molecule has 0 aliphatic rings. The second kappa shape index (κ2) is 14.3. The van der Waals surface area contributed by atoms with Gasteiger partial charge in [0, 0.05) is 0 Å². The van der Waals surface area contributed by atoms with E-state index in [0.29, 0.717) is 6.42 Å². The molecule has 0 aliphatic heterocycles. The van der Waals surface area contributed by atoms with Crippen molar-refractivity contribution in [3.8, 4) is 0 Å². The lowest BCUT2D eigenvalue weighted by molar-refractivity contribution is -0.117. The minimum atomic E-state index is -3.52. The molecule has 3 rings (SSSR count). The van der Waals surface area contributed by atoms with E-state index >= 15 is 0 Å². The van der Waals surface area contributed by atoms with Crippen molar-refractivity contribution in [3.05, 3.63) is 101 Å². The first kappa shape index (κ1) is 31.1. The number of amides is 1. The summed E-state index contributed by atoms with van der Waals surface area (Å²) in [6.45, 7) is 18.3. The normalized spacial score (nSPS) is 12.3. The van der Waals surface area contributed by atoms with E-state index in [9.17, 15) is 4.79 Å². The molecule has 3 aromatic rings. The first-order valence-corrected chi connectivity index (χ1v) is 17.6. The molecule has 0 heterocycles. The van der Waals surface area contributed by atoms with Crippen LogP contribution in [0.2, 0.25) is 0 Å². The number of hydrogen-bond acceptors (Lipinski definition) is 4. The third-order valence-corrected chi connectivity index (χ3v) is 15.4. The second-order valence-electron chi connectivity index (χ2n) is 9.63. The monoisotopic (exact) mass is 587 g/mol. The molecule has 1 unspecified atom stereocenters. The molecule has 0 saturated heterocycles. The van der Waals surface area contributed by atoms with Crippen molar-refractivity contribution in [1.29, 1.82) is 0 Å². The number of benzene rings is 3. The lowest BCUT2D eigenvalue weighted by Crippen LogP contribution is -2.66. The highest BCUT2D eigenvalue weighted by Gasteiger charge is 2.49. The van der Waals surface area contributed by atoms with E-state index in [1.54, 1.807) is 0 Å². The Hall–Kier alpha value is -2.38. The Balaban J connectivity index is 2.05. The third-order valence-electron chi connectivity index (χ3n) is 7.06. The van der Waals surface area contributed by atoms with Crippen molar-refractivity contribution in [2.75, 3.05) is 0 Å². The number of carbonyl (C=O) groups excluding carboxylic acids is 1. The first-order valence-electron chi connectivity index (χ1n) is 13.1. The highest BCUT2D eigenvalue weighted by atomic mass is 28.5. The largest absolute Gasteiger partial charge is 0.493 e. The molecule has 202 valence electrons. The van der Waals surface area contributed by atoms with Crippen LogP contribution in [0, 0.1) is 41.5 Å². The average Bonchev–Trinajstić information content (AvgIpc) is 2.93. The molecule has 1 atom stereocenters. The van der Waals surface area contributed by atoms with Gasteiger partial charge in [-0.15, -0.1) is 0 Å². The fourth-order valence-corrected chi connectivity index (χ4v) is 12.6. The maximum atomic E-state index is 12.6. The Morgan fingerprint density at radius 1 is 0.769 bits per heavy atom. The molecule has 0 saturated carbocycles. The van der Waals surface area contributed by atoms with Gasteiger partial charge in [-0.2, -0.15) is 0 Å². The lowest BCUT2D eigenvalue weighted by Gasteiger charge is -2.37. The smallest absolute Gasteiger partial charge is 0.410 e. The molecule has 0 fully saturated rings. The summed E-state index contributed by atoms with van der Waals surface area (Å²) in [6.07, 6.45) is 1.88. The van der Waals surface area contributed by atoms with Crippen molar-refractivity contribution in [2.24, 2.45) is 0 Å². The van der Waals surface area contributed by atoms with Crippen LogP contribution in [0.1, 0.15) is 46.7 Å². The maximum Gasteiger partial charge on any atom is 0.493 e. The van der Waals surface area contributed by atoms with Gasteiger partial charge in [0.2, 0.25) is 5.91 Å². The van der Waals surface area contributed by atoms with E-state index in [1.807, 2.05) is 25.1 Å². The minimum absolute atomic E-state index is 0.0125. The van der Waals surface area contributed by atoms with Gasteiger partial charge in [-0.3, -0.25) is 4.79 Å². The van der Waals surface area contributed by atoms with E-state index in [4.69, 9.17) is 12.3 Å². The van der Waals surface area contributed by atoms with E-state index in [2.05, 4.69) is 89.8 Å². The molecule has 39 heavy (non-hydrogen) atoms. The molecule has 0 aliphatic carbocycles. The molecule has 1 N–H and O–H groups in total. The van der Waals surface area contributed by atoms with Crippen LogP contribution in [0.4, 0.5) is 0 Å². The standard InChI is InChI=1S/C30H37NO4Si4/c1-9-29(32)31-30(10-2)39(33-36-26-17-11-14-20(3)23(26)6,34-37-27-18-12-15-21(4)24(27)7)35-38-28-19-13-16-22(5)25(28)8/h9,11-19,30H,1,10H2,2-8H3,(H,31,32). The predicted molar refractivity (Wildman–Crippen MR) is 165 cm³/mol. The van der Waals surface area contributed by atoms with Gasteiger partial charge >= 0.3 is 8.80 Å². The third kappa shape index (κ3) is 7.85. The van der Waals surface area contributed by atoms with Gasteiger partial charge < -0.3 is 17.7 Å². The molecule has 0 bridgehead atoms. The summed E-state index contributed by atoms with van der Waals surface area (Å²) in [7, 11) is -3.48. The first-order chi connectivity index (χ1) is 18.6. The molecule has 0 spiro atoms. The van der Waals surface area contributed by atoms with Crippen LogP contribution in [0.5, 0.6) is 0 Å². The molecule has 5 nitrogen and oxygen atoms in total. The van der Waals surface area contributed by atoms with Crippen LogP contribution < -0.4 is 20.9 Å². The van der Waals surface area contributed by atoms with Gasteiger partial charge in [-0.25, -0.2) is 0 Å². The van der Waals surface area contributed by atoms with Crippen molar-refractivity contribution in [1.82, 2.24) is 5.32 Å². The van der Waals surface area contributed by atoms with Gasteiger partial charge in [0.15, 0.2) is 0 Å². The van der Waals surface area contributed by atoms with E-state index in [0.717, 1.165) is 15.6 Å². The Kier molecular flexibility index (Phi) is 11.4. The summed E-state index contributed by atoms with van der Waals surface area (Å²) in [5, 5.41) is 6.40. The number of rotatable bonds is 13. The fourth-order valence-electron chi connectivity index (χ4n) is 3.91. The van der Waals surface area contributed by atoms with E-state index < -0.39 is 14.5 Å². The van der Waals surface area contributed by atoms with E-state index in [-0.39, 0.29) is 35.2 Å². The number of aryl methyl sites for hydroxylation is 3. The summed E-state index contributed by atoms with van der Waals surface area (Å²) in [5.41, 5.74) is 6.76. The molecule has 3 aromatic carbocycles. The molecule has 6 radical (unpaired) electrons. The highest BCUT2D eigenvalue weighted by Crippen LogP contribution is 2.19. The van der Waals surface area contributed by atoms with Crippen molar-refractivity contribution in [2.45, 2.75) is 60.6 Å². The molecule has 1 amide bonds. The number of carbonyl (C=O) groups is 1. The summed E-state index contributed by atoms with van der Waals surface area (Å²) in [6, 6.07) is 18.7. The Bertz CT molecular complexity index is 1180. The van der Waals surface area contributed by atoms with Gasteiger partial charge in [0.05, 0.1) is 5.67 Å². The van der Waals surface area contributed by atoms with Crippen molar-refractivity contribution < 1.29 is 17.1 Å². The SMILES string of the molecule is C=CC(=O)NC(CC)[Si](O[Si]c1cccc(C)c1C)(O[Si]c1cccc(C)c1C)O[Si]c1cccc(C)c1C. The highest BCUT2D eigenvalue weighted by molar-refractivity contribution is 6.79. The zero-order valence-electron chi connectivity index (χ0n) is 23.9. The Morgan fingerprint density at radius 2 is 1.13 bits per heavy atom. The zero-order chi connectivity index (χ0) is 28.6. The molecule has 9 heteroatoms. The summed E-state index contributed by atoms with van der Waals surface area (Å²) >= 11 is 0. The average molecular weight is 588 g/mol. The topological polar surface area (TPSA) is 56.8 Å². The van der Waals surface area contributed by atoms with Crippen LogP contribution in [-0.4, -0.2) is 49.7 Å². The zero-order valence-corrected chi connectivity index (χ0v) is 27.9. The molecule has 0 aromatic heterocycles. The predicted octanol–water partition coefficient (Wildman–Crippen LogP) is 3.28. The van der Waals surface area contributed by atoms with Gasteiger partial charge in [-0.05, 0) is 103 Å². The summed E-state index contributed by atoms with van der Waals surface area (Å²) in [4.78, 5) is 12.6. The Labute approximate surface area is 242 Å². The van der Waals surface area contributed by atoms with Crippen LogP contribution in [0.3, 0.4) is 0 Å². The fraction of sp³-hybridized carbons (Fsp3) is 0.300. The summed E-state index contributed by atoms with van der Waals surface area (Å²) in [5.74, 6) is -0.269. The van der Waals surface area contributed by atoms with E-state index in [1.165, 1.54) is 39.5 Å². The second-order valence-corrected chi connectivity index (χ2v) is 16.2. The van der Waals surface area contributed by atoms with Crippen LogP contribution in [-0.2, 0) is 17.1 Å². The van der Waals surface area contributed by atoms with Crippen molar-refractivity contribution >= 4 is 59.6 Å². The van der Waals surface area contributed by atoms with Gasteiger partial charge in [0.1, 0.15) is 0 Å². The van der Waals surface area contributed by atoms with Crippen LogP contribution in [0.15, 0.2) is 67.3 Å². The van der Waals surface area contributed by atoms with Crippen molar-refractivity contribution in [3.63, 3.8) is 0 Å². The molecular weight excluding hydrogens is 551 g/mol. The maximum absolute atomic E-state index is 12.6. The number of hydrogen-bond donors (Lipinski definition) is 1. The summed E-state index contributed by atoms with van der Waals surface area (Å²) < 4.78 is 20.5.